The number of rotatable bonds is 5. The Kier molecular flexibility index (Phi) is 4.93. The molecule has 3 N–H and O–H groups in total. The Hall–Kier alpha value is -0.870. The van der Waals surface area contributed by atoms with Gasteiger partial charge in [0.05, 0.1) is 5.60 Å². The first-order chi connectivity index (χ1) is 8.22. The van der Waals surface area contributed by atoms with E-state index in [-0.39, 0.29) is 0 Å². The highest BCUT2D eigenvalue weighted by Crippen LogP contribution is 2.39. The monoisotopic (exact) mass is 255 g/mol. The molecule has 4 nitrogen and oxygen atoms in total. The number of hydrogen-bond donors (Lipinski definition) is 3. The van der Waals surface area contributed by atoms with E-state index in [4.69, 9.17) is 5.11 Å². The van der Waals surface area contributed by atoms with Gasteiger partial charge in [-0.1, -0.05) is 19.4 Å². The van der Waals surface area contributed by atoms with Crippen LogP contribution in [-0.2, 0) is 4.79 Å². The van der Waals surface area contributed by atoms with Gasteiger partial charge in [0.1, 0.15) is 0 Å². The quantitative estimate of drug-likeness (QED) is 0.657. The highest BCUT2D eigenvalue weighted by atomic mass is 16.4. The third-order valence-electron chi connectivity index (χ3n) is 3.76. The molecule has 1 aliphatic rings. The van der Waals surface area contributed by atoms with Crippen molar-refractivity contribution in [2.24, 2.45) is 5.41 Å². The summed E-state index contributed by atoms with van der Waals surface area (Å²) in [5.74, 6) is -0.924. The van der Waals surface area contributed by atoms with Crippen LogP contribution >= 0.6 is 0 Å². The first kappa shape index (κ1) is 15.2. The molecule has 18 heavy (non-hydrogen) atoms. The number of carboxylic acids is 1. The van der Waals surface area contributed by atoms with Gasteiger partial charge in [-0.3, -0.25) is 0 Å². The van der Waals surface area contributed by atoms with Gasteiger partial charge >= 0.3 is 5.97 Å². The minimum Gasteiger partial charge on any atom is -0.478 e. The molecule has 0 bridgehead atoms. The van der Waals surface area contributed by atoms with Crippen molar-refractivity contribution in [3.8, 4) is 0 Å². The van der Waals surface area contributed by atoms with Crippen molar-refractivity contribution in [3.63, 3.8) is 0 Å². The van der Waals surface area contributed by atoms with Crippen molar-refractivity contribution >= 4 is 5.97 Å². The molecular weight excluding hydrogens is 230 g/mol. The fourth-order valence-electron chi connectivity index (χ4n) is 2.32. The zero-order valence-corrected chi connectivity index (χ0v) is 11.6. The van der Waals surface area contributed by atoms with Crippen molar-refractivity contribution < 1.29 is 15.0 Å². The molecule has 0 aromatic rings. The third kappa shape index (κ3) is 5.19. The van der Waals surface area contributed by atoms with Crippen molar-refractivity contribution in [1.29, 1.82) is 0 Å². The van der Waals surface area contributed by atoms with Crippen LogP contribution in [0.4, 0.5) is 0 Å². The maximum Gasteiger partial charge on any atom is 0.328 e. The predicted molar refractivity (Wildman–Crippen MR) is 71.5 cm³/mol. The number of aliphatic hydroxyl groups is 1. The molecular formula is C14H25NO3. The molecule has 0 aromatic carbocycles. The third-order valence-corrected chi connectivity index (χ3v) is 3.76. The molecule has 1 aliphatic carbocycles. The van der Waals surface area contributed by atoms with E-state index in [0.717, 1.165) is 31.3 Å². The maximum absolute atomic E-state index is 10.5. The van der Waals surface area contributed by atoms with Gasteiger partial charge in [-0.25, -0.2) is 4.79 Å². The van der Waals surface area contributed by atoms with Gasteiger partial charge in [0.25, 0.3) is 0 Å². The van der Waals surface area contributed by atoms with Crippen LogP contribution in [0.5, 0.6) is 0 Å². The van der Waals surface area contributed by atoms with Crippen LogP contribution in [0.1, 0.15) is 46.5 Å². The fraction of sp³-hybridized carbons (Fsp3) is 0.786. The second kappa shape index (κ2) is 5.85. The summed E-state index contributed by atoms with van der Waals surface area (Å²) in [6, 6.07) is 0. The number of carboxylic acid groups (broad SMARTS) is 1. The number of nitrogens with one attached hydrogen (secondary N) is 1. The van der Waals surface area contributed by atoms with E-state index in [1.165, 1.54) is 6.08 Å². The van der Waals surface area contributed by atoms with Gasteiger partial charge < -0.3 is 15.5 Å². The van der Waals surface area contributed by atoms with Crippen molar-refractivity contribution in [2.45, 2.75) is 52.1 Å². The first-order valence-corrected chi connectivity index (χ1v) is 6.56. The second-order valence-corrected chi connectivity index (χ2v) is 6.32. The van der Waals surface area contributed by atoms with Crippen LogP contribution in [0, 0.1) is 5.41 Å². The fourth-order valence-corrected chi connectivity index (χ4v) is 2.32. The minimum absolute atomic E-state index is 0.339. The summed E-state index contributed by atoms with van der Waals surface area (Å²) in [4.78, 5) is 10.5. The molecule has 0 aromatic heterocycles. The molecule has 0 spiro atoms. The number of hydrogen-bond acceptors (Lipinski definition) is 3. The summed E-state index contributed by atoms with van der Waals surface area (Å²) in [5.41, 5.74) is 0.479. The Balaban J connectivity index is 2.33. The van der Waals surface area contributed by atoms with Crippen LogP contribution < -0.4 is 5.32 Å². The highest BCUT2D eigenvalue weighted by Gasteiger charge is 2.36. The van der Waals surface area contributed by atoms with Gasteiger partial charge in [-0.2, -0.15) is 0 Å². The molecule has 0 amide bonds. The normalized spacial score (nSPS) is 22.8. The van der Waals surface area contributed by atoms with Crippen LogP contribution in [0.15, 0.2) is 11.6 Å². The van der Waals surface area contributed by atoms with E-state index >= 15 is 0 Å². The predicted octanol–water partition coefficient (Wildman–Crippen LogP) is 1.94. The van der Waals surface area contributed by atoms with E-state index in [9.17, 15) is 9.90 Å². The minimum atomic E-state index is -0.924. The maximum atomic E-state index is 10.5. The largest absolute Gasteiger partial charge is 0.478 e. The lowest BCUT2D eigenvalue weighted by atomic mass is 9.71. The van der Waals surface area contributed by atoms with E-state index in [1.54, 1.807) is 6.92 Å². The van der Waals surface area contributed by atoms with Gasteiger partial charge in [0.2, 0.25) is 0 Å². The van der Waals surface area contributed by atoms with E-state index in [2.05, 4.69) is 19.2 Å². The SMILES string of the molecule is CC(=CC(=O)O)CNCC1(O)CCC(C)(C)CC1. The van der Waals surface area contributed by atoms with Gasteiger partial charge in [-0.05, 0) is 38.0 Å². The molecule has 1 fully saturated rings. The molecule has 0 atom stereocenters. The molecule has 0 radical (unpaired) electrons. The van der Waals surface area contributed by atoms with Gasteiger partial charge in [0.15, 0.2) is 0 Å². The van der Waals surface area contributed by atoms with Crippen LogP contribution in [-0.4, -0.2) is 34.9 Å². The second-order valence-electron chi connectivity index (χ2n) is 6.32. The molecule has 1 saturated carbocycles. The van der Waals surface area contributed by atoms with Gasteiger partial charge in [-0.15, -0.1) is 0 Å². The Morgan fingerprint density at radius 3 is 2.33 bits per heavy atom. The van der Waals surface area contributed by atoms with Crippen LogP contribution in [0.2, 0.25) is 0 Å². The van der Waals surface area contributed by atoms with Crippen molar-refractivity contribution in [2.75, 3.05) is 13.1 Å². The smallest absolute Gasteiger partial charge is 0.328 e. The average Bonchev–Trinajstić information content (AvgIpc) is 2.22. The highest BCUT2D eigenvalue weighted by molar-refractivity contribution is 5.80. The summed E-state index contributed by atoms with van der Waals surface area (Å²) in [7, 11) is 0. The molecule has 1 rings (SSSR count). The molecule has 104 valence electrons. The summed E-state index contributed by atoms with van der Waals surface area (Å²) in [6.07, 6.45) is 4.90. The zero-order chi connectivity index (χ0) is 13.8. The van der Waals surface area contributed by atoms with Gasteiger partial charge in [0, 0.05) is 19.2 Å². The summed E-state index contributed by atoms with van der Waals surface area (Å²) in [6.45, 7) is 7.29. The van der Waals surface area contributed by atoms with Crippen molar-refractivity contribution in [3.05, 3.63) is 11.6 Å². The Bertz CT molecular complexity index is 324. The van der Waals surface area contributed by atoms with E-state index in [0.29, 0.717) is 18.5 Å². The summed E-state index contributed by atoms with van der Waals surface area (Å²) < 4.78 is 0. The molecule has 0 unspecified atom stereocenters. The summed E-state index contributed by atoms with van der Waals surface area (Å²) >= 11 is 0. The van der Waals surface area contributed by atoms with Crippen LogP contribution in [0.3, 0.4) is 0 Å². The van der Waals surface area contributed by atoms with E-state index in [1.807, 2.05) is 0 Å². The topological polar surface area (TPSA) is 69.6 Å². The average molecular weight is 255 g/mol. The standard InChI is InChI=1S/C14H25NO3/c1-11(8-12(16)17)9-15-10-14(18)6-4-13(2,3)5-7-14/h8,15,18H,4-7,9-10H2,1-3H3,(H,16,17). The lowest BCUT2D eigenvalue weighted by Crippen LogP contribution is -2.45. The van der Waals surface area contributed by atoms with E-state index < -0.39 is 11.6 Å². The number of carbonyl (C=O) groups is 1. The molecule has 0 heterocycles. The first-order valence-electron chi connectivity index (χ1n) is 6.56. The lowest BCUT2D eigenvalue weighted by molar-refractivity contribution is -0.131. The number of aliphatic carboxylic acids is 1. The summed E-state index contributed by atoms with van der Waals surface area (Å²) in [5, 5.41) is 22.1. The Labute approximate surface area is 109 Å². The molecule has 0 aliphatic heterocycles. The molecule has 0 saturated heterocycles. The molecule has 4 heteroatoms. The van der Waals surface area contributed by atoms with Crippen molar-refractivity contribution in [1.82, 2.24) is 5.32 Å². The zero-order valence-electron chi connectivity index (χ0n) is 11.6. The Morgan fingerprint density at radius 1 is 1.28 bits per heavy atom. The Morgan fingerprint density at radius 2 is 1.83 bits per heavy atom. The van der Waals surface area contributed by atoms with Crippen LogP contribution in [0.25, 0.3) is 0 Å². The lowest BCUT2D eigenvalue weighted by Gasteiger charge is -2.40.